The quantitative estimate of drug-likeness (QED) is 0.681. The molecule has 1 fully saturated rings. The first-order chi connectivity index (χ1) is 6.95. The van der Waals surface area contributed by atoms with E-state index in [2.05, 4.69) is 5.10 Å². The van der Waals surface area contributed by atoms with Crippen LogP contribution < -0.4 is 0 Å². The third kappa shape index (κ3) is 1.26. The van der Waals surface area contributed by atoms with E-state index in [9.17, 15) is 0 Å². The maximum absolute atomic E-state index is 5.69. The highest BCUT2D eigenvalue weighted by atomic mass is 16.5. The summed E-state index contributed by atoms with van der Waals surface area (Å²) in [5.41, 5.74) is 2.43. The van der Waals surface area contributed by atoms with Gasteiger partial charge in [0.05, 0.1) is 25.1 Å². The molecule has 1 unspecified atom stereocenters. The Morgan fingerprint density at radius 1 is 1.36 bits per heavy atom. The molecule has 1 aromatic rings. The molecule has 3 heterocycles. The van der Waals surface area contributed by atoms with E-state index in [1.807, 2.05) is 10.9 Å². The number of hydrogen-bond acceptors (Lipinski definition) is 3. The maximum Gasteiger partial charge on any atom is 0.150 e. The Balaban J connectivity index is 1.88. The van der Waals surface area contributed by atoms with Crippen molar-refractivity contribution in [1.29, 1.82) is 0 Å². The Labute approximate surface area is 82.8 Å². The van der Waals surface area contributed by atoms with Crippen molar-refractivity contribution in [3.05, 3.63) is 17.5 Å². The van der Waals surface area contributed by atoms with E-state index in [-0.39, 0.29) is 6.23 Å². The largest absolute Gasteiger partial charge is 0.370 e. The zero-order chi connectivity index (χ0) is 9.38. The second-order valence-electron chi connectivity index (χ2n) is 3.88. The Hall–Kier alpha value is -0.870. The van der Waals surface area contributed by atoms with Crippen LogP contribution in [0.3, 0.4) is 0 Å². The molecule has 0 bridgehead atoms. The van der Waals surface area contributed by atoms with Crippen LogP contribution in [0.25, 0.3) is 0 Å². The third-order valence-electron chi connectivity index (χ3n) is 2.91. The van der Waals surface area contributed by atoms with Crippen molar-refractivity contribution in [3.63, 3.8) is 0 Å². The van der Waals surface area contributed by atoms with Gasteiger partial charge in [-0.15, -0.1) is 0 Å². The van der Waals surface area contributed by atoms with Crippen molar-refractivity contribution < 1.29 is 9.47 Å². The molecule has 76 valence electrons. The van der Waals surface area contributed by atoms with Gasteiger partial charge in [0.25, 0.3) is 0 Å². The summed E-state index contributed by atoms with van der Waals surface area (Å²) in [4.78, 5) is 0. The summed E-state index contributed by atoms with van der Waals surface area (Å²) in [6.07, 6.45) is 5.54. The average molecular weight is 194 g/mol. The lowest BCUT2D eigenvalue weighted by molar-refractivity contribution is -0.0428. The molecule has 3 rings (SSSR count). The fraction of sp³-hybridized carbons (Fsp3) is 0.700. The molecule has 4 heteroatoms. The molecule has 1 saturated heterocycles. The molecule has 0 amide bonds. The fourth-order valence-corrected chi connectivity index (χ4v) is 2.13. The molecule has 4 nitrogen and oxygen atoms in total. The van der Waals surface area contributed by atoms with Gasteiger partial charge in [-0.2, -0.15) is 5.10 Å². The van der Waals surface area contributed by atoms with Crippen LogP contribution in [0.2, 0.25) is 0 Å². The second-order valence-corrected chi connectivity index (χ2v) is 3.88. The molecule has 0 radical (unpaired) electrons. The Morgan fingerprint density at radius 3 is 3.21 bits per heavy atom. The van der Waals surface area contributed by atoms with Gasteiger partial charge in [0, 0.05) is 12.2 Å². The third-order valence-corrected chi connectivity index (χ3v) is 2.91. The maximum atomic E-state index is 5.69. The van der Waals surface area contributed by atoms with E-state index in [1.165, 1.54) is 24.1 Å². The molecular formula is C10H14N2O2. The molecule has 0 spiro atoms. The molecule has 2 aliphatic rings. The first kappa shape index (κ1) is 8.44. The number of fused-ring (bicyclic) bond motifs is 1. The molecule has 1 atom stereocenters. The standard InChI is InChI=1S/C10H14N2O2/c1-2-4-14-10(3-1)12-9-7-13-6-8(9)5-11-12/h5,10H,1-4,6-7H2. The van der Waals surface area contributed by atoms with Crippen LogP contribution >= 0.6 is 0 Å². The molecule has 0 N–H and O–H groups in total. The van der Waals surface area contributed by atoms with Gasteiger partial charge in [0.2, 0.25) is 0 Å². The Morgan fingerprint density at radius 2 is 2.36 bits per heavy atom. The minimum Gasteiger partial charge on any atom is -0.370 e. The SMILES string of the molecule is c1nn(C2CCCCO2)c2c1COC2. The number of ether oxygens (including phenoxy) is 2. The number of aromatic nitrogens is 2. The lowest BCUT2D eigenvalue weighted by atomic mass is 10.2. The van der Waals surface area contributed by atoms with E-state index in [1.54, 1.807) is 0 Å². The van der Waals surface area contributed by atoms with Crippen LogP contribution in [0.1, 0.15) is 36.7 Å². The van der Waals surface area contributed by atoms with Crippen molar-refractivity contribution in [2.24, 2.45) is 0 Å². The van der Waals surface area contributed by atoms with Crippen LogP contribution in [0.15, 0.2) is 6.20 Å². The molecule has 2 aliphatic heterocycles. The zero-order valence-corrected chi connectivity index (χ0v) is 8.11. The first-order valence-corrected chi connectivity index (χ1v) is 5.20. The fourth-order valence-electron chi connectivity index (χ4n) is 2.13. The normalized spacial score (nSPS) is 26.4. The number of hydrogen-bond donors (Lipinski definition) is 0. The summed E-state index contributed by atoms with van der Waals surface area (Å²) in [7, 11) is 0. The van der Waals surface area contributed by atoms with Crippen molar-refractivity contribution in [3.8, 4) is 0 Å². The predicted octanol–water partition coefficient (Wildman–Crippen LogP) is 1.61. The van der Waals surface area contributed by atoms with E-state index >= 15 is 0 Å². The number of rotatable bonds is 1. The molecule has 0 aromatic carbocycles. The lowest BCUT2D eigenvalue weighted by Gasteiger charge is -2.24. The summed E-state index contributed by atoms with van der Waals surface area (Å²) >= 11 is 0. The van der Waals surface area contributed by atoms with Crippen molar-refractivity contribution in [1.82, 2.24) is 9.78 Å². The van der Waals surface area contributed by atoms with E-state index in [0.29, 0.717) is 13.2 Å². The zero-order valence-electron chi connectivity index (χ0n) is 8.11. The van der Waals surface area contributed by atoms with Crippen LogP contribution in [0, 0.1) is 0 Å². The van der Waals surface area contributed by atoms with Gasteiger partial charge < -0.3 is 9.47 Å². The van der Waals surface area contributed by atoms with Crippen LogP contribution in [0.4, 0.5) is 0 Å². The minimum atomic E-state index is 0.147. The molecule has 1 aromatic heterocycles. The van der Waals surface area contributed by atoms with Gasteiger partial charge >= 0.3 is 0 Å². The molecule has 14 heavy (non-hydrogen) atoms. The Bertz CT molecular complexity index is 329. The van der Waals surface area contributed by atoms with E-state index < -0.39 is 0 Å². The summed E-state index contributed by atoms with van der Waals surface area (Å²) in [5, 5.41) is 4.37. The van der Waals surface area contributed by atoms with Crippen molar-refractivity contribution >= 4 is 0 Å². The van der Waals surface area contributed by atoms with Gasteiger partial charge in [-0.05, 0) is 19.3 Å². The lowest BCUT2D eigenvalue weighted by Crippen LogP contribution is -2.20. The highest BCUT2D eigenvalue weighted by molar-refractivity contribution is 5.19. The topological polar surface area (TPSA) is 36.3 Å². The van der Waals surface area contributed by atoms with Crippen LogP contribution in [0.5, 0.6) is 0 Å². The van der Waals surface area contributed by atoms with Crippen molar-refractivity contribution in [2.45, 2.75) is 38.7 Å². The molecule has 0 aliphatic carbocycles. The predicted molar refractivity (Wildman–Crippen MR) is 49.6 cm³/mol. The Kier molecular flexibility index (Phi) is 2.03. The molecular weight excluding hydrogens is 180 g/mol. The minimum absolute atomic E-state index is 0.147. The summed E-state index contributed by atoms with van der Waals surface area (Å²) in [6, 6.07) is 0. The first-order valence-electron chi connectivity index (χ1n) is 5.20. The van der Waals surface area contributed by atoms with E-state index in [0.717, 1.165) is 13.0 Å². The smallest absolute Gasteiger partial charge is 0.150 e. The van der Waals surface area contributed by atoms with Gasteiger partial charge in [-0.3, -0.25) is 0 Å². The highest BCUT2D eigenvalue weighted by Crippen LogP contribution is 2.27. The summed E-state index contributed by atoms with van der Waals surface area (Å²) in [6.45, 7) is 2.26. The monoisotopic (exact) mass is 194 g/mol. The van der Waals surface area contributed by atoms with Crippen LogP contribution in [-0.2, 0) is 22.7 Å². The van der Waals surface area contributed by atoms with Crippen molar-refractivity contribution in [2.75, 3.05) is 6.61 Å². The van der Waals surface area contributed by atoms with Gasteiger partial charge in [-0.1, -0.05) is 0 Å². The summed E-state index contributed by atoms with van der Waals surface area (Å²) < 4.78 is 13.1. The summed E-state index contributed by atoms with van der Waals surface area (Å²) in [5.74, 6) is 0. The van der Waals surface area contributed by atoms with Gasteiger partial charge in [0.1, 0.15) is 0 Å². The highest BCUT2D eigenvalue weighted by Gasteiger charge is 2.24. The van der Waals surface area contributed by atoms with Crippen LogP contribution in [-0.4, -0.2) is 16.4 Å². The van der Waals surface area contributed by atoms with Gasteiger partial charge in [0.15, 0.2) is 6.23 Å². The molecule has 0 saturated carbocycles. The number of nitrogens with zero attached hydrogens (tertiary/aromatic N) is 2. The van der Waals surface area contributed by atoms with Gasteiger partial charge in [-0.25, -0.2) is 4.68 Å². The second kappa shape index (κ2) is 3.37. The average Bonchev–Trinajstić information content (AvgIpc) is 2.79. The van der Waals surface area contributed by atoms with E-state index in [4.69, 9.17) is 9.47 Å².